The fourth-order valence-electron chi connectivity index (χ4n) is 4.16. The van der Waals surface area contributed by atoms with Crippen molar-refractivity contribution in [2.75, 3.05) is 46.3 Å². The highest BCUT2D eigenvalue weighted by atomic mass is 127. The van der Waals surface area contributed by atoms with Crippen LogP contribution >= 0.6 is 24.0 Å². The molecule has 0 spiro atoms. The number of aliphatic imine (C=N–C) groups is 1. The van der Waals surface area contributed by atoms with Gasteiger partial charge in [0.25, 0.3) is 0 Å². The van der Waals surface area contributed by atoms with E-state index >= 15 is 0 Å². The van der Waals surface area contributed by atoms with Crippen LogP contribution < -0.4 is 10.6 Å². The highest BCUT2D eigenvalue weighted by molar-refractivity contribution is 14.0. The monoisotopic (exact) mass is 489 g/mol. The predicted octanol–water partition coefficient (Wildman–Crippen LogP) is 2.90. The molecule has 0 bridgehead atoms. The van der Waals surface area contributed by atoms with Gasteiger partial charge in [0, 0.05) is 18.6 Å². The maximum Gasteiger partial charge on any atom is 0.191 e. The van der Waals surface area contributed by atoms with E-state index in [0.717, 1.165) is 24.8 Å². The number of nitrogens with zero attached hydrogens (tertiary/aromatic N) is 3. The van der Waals surface area contributed by atoms with Gasteiger partial charge < -0.3 is 20.0 Å². The topological polar surface area (TPSA) is 56.0 Å². The third kappa shape index (κ3) is 6.35. The molecule has 2 aliphatic rings. The summed E-state index contributed by atoms with van der Waals surface area (Å²) in [5.41, 5.74) is 0.258. The summed E-state index contributed by atoms with van der Waals surface area (Å²) in [7, 11) is 2.24. The Morgan fingerprint density at radius 3 is 2.52 bits per heavy atom. The maximum atomic E-state index is 5.41. The molecule has 6 nitrogen and oxygen atoms in total. The van der Waals surface area contributed by atoms with E-state index in [1.54, 1.807) is 6.26 Å². The van der Waals surface area contributed by atoms with Gasteiger partial charge >= 0.3 is 0 Å². The van der Waals surface area contributed by atoms with Crippen LogP contribution in [-0.4, -0.2) is 67.6 Å². The first-order chi connectivity index (χ1) is 12.7. The number of rotatable bonds is 6. The van der Waals surface area contributed by atoms with E-state index in [9.17, 15) is 0 Å². The molecule has 0 radical (unpaired) electrons. The molecule has 0 aliphatic carbocycles. The summed E-state index contributed by atoms with van der Waals surface area (Å²) in [5, 5.41) is 7.02. The molecule has 0 aromatic carbocycles. The summed E-state index contributed by atoms with van der Waals surface area (Å²) < 4.78 is 5.41. The molecular formula is C20H36IN5O. The molecule has 2 aliphatic heterocycles. The minimum Gasteiger partial charge on any atom is -0.467 e. The van der Waals surface area contributed by atoms with E-state index in [1.807, 2.05) is 12.1 Å². The molecule has 2 fully saturated rings. The van der Waals surface area contributed by atoms with Crippen molar-refractivity contribution >= 4 is 29.9 Å². The van der Waals surface area contributed by atoms with Crippen LogP contribution in [0.5, 0.6) is 0 Å². The van der Waals surface area contributed by atoms with Crippen LogP contribution in [0.4, 0.5) is 0 Å². The minimum atomic E-state index is 0. The quantitative estimate of drug-likeness (QED) is 0.366. The van der Waals surface area contributed by atoms with Gasteiger partial charge in [0.05, 0.1) is 6.26 Å². The van der Waals surface area contributed by atoms with Crippen LogP contribution in [0.15, 0.2) is 27.8 Å². The number of nitrogens with one attached hydrogen (secondary N) is 2. The molecule has 2 N–H and O–H groups in total. The predicted molar refractivity (Wildman–Crippen MR) is 122 cm³/mol. The normalized spacial score (nSPS) is 21.5. The van der Waals surface area contributed by atoms with Crippen molar-refractivity contribution in [1.29, 1.82) is 0 Å². The molecule has 1 aromatic heterocycles. The lowest BCUT2D eigenvalue weighted by molar-refractivity contribution is 0.0173. The fourth-order valence-corrected chi connectivity index (χ4v) is 4.16. The van der Waals surface area contributed by atoms with Crippen LogP contribution in [0.25, 0.3) is 0 Å². The number of likely N-dealkylation sites (tertiary alicyclic amines) is 2. The second-order valence-corrected chi connectivity index (χ2v) is 7.70. The Morgan fingerprint density at radius 2 is 1.89 bits per heavy atom. The molecule has 7 heteroatoms. The second kappa shape index (κ2) is 11.3. The molecule has 0 atom stereocenters. The zero-order valence-corrected chi connectivity index (χ0v) is 19.2. The lowest BCUT2D eigenvalue weighted by Crippen LogP contribution is -2.62. The van der Waals surface area contributed by atoms with E-state index in [1.165, 1.54) is 58.3 Å². The lowest BCUT2D eigenvalue weighted by atomic mass is 9.84. The molecule has 27 heavy (non-hydrogen) atoms. The smallest absolute Gasteiger partial charge is 0.191 e. The average Bonchev–Trinajstić information content (AvgIpc) is 3.20. The molecule has 3 rings (SSSR count). The number of hydrogen-bond acceptors (Lipinski definition) is 4. The second-order valence-electron chi connectivity index (χ2n) is 7.70. The number of guanidine groups is 1. The third-order valence-corrected chi connectivity index (χ3v) is 5.85. The largest absolute Gasteiger partial charge is 0.467 e. The summed E-state index contributed by atoms with van der Waals surface area (Å²) >= 11 is 0. The van der Waals surface area contributed by atoms with Crippen LogP contribution in [-0.2, 0) is 6.54 Å². The zero-order chi connectivity index (χ0) is 18.2. The van der Waals surface area contributed by atoms with Gasteiger partial charge in [0.1, 0.15) is 12.3 Å². The highest BCUT2D eigenvalue weighted by Gasteiger charge is 2.39. The first kappa shape index (κ1) is 22.5. The van der Waals surface area contributed by atoms with Gasteiger partial charge in [-0.2, -0.15) is 0 Å². The highest BCUT2D eigenvalue weighted by Crippen LogP contribution is 2.30. The molecule has 3 heterocycles. The molecule has 0 saturated carbocycles. The van der Waals surface area contributed by atoms with Crippen molar-refractivity contribution in [1.82, 2.24) is 20.4 Å². The van der Waals surface area contributed by atoms with Gasteiger partial charge in [-0.3, -0.25) is 4.90 Å². The van der Waals surface area contributed by atoms with Gasteiger partial charge in [0.2, 0.25) is 0 Å². The molecule has 0 unspecified atom stereocenters. The first-order valence-electron chi connectivity index (χ1n) is 10.2. The molecular weight excluding hydrogens is 453 g/mol. The molecule has 0 amide bonds. The molecule has 154 valence electrons. The van der Waals surface area contributed by atoms with Gasteiger partial charge in [-0.25, -0.2) is 4.99 Å². The summed E-state index contributed by atoms with van der Waals surface area (Å²) in [6.07, 6.45) is 8.22. The average molecular weight is 489 g/mol. The van der Waals surface area contributed by atoms with Crippen molar-refractivity contribution in [3.63, 3.8) is 0 Å². The summed E-state index contributed by atoms with van der Waals surface area (Å²) in [6, 6.07) is 3.88. The Morgan fingerprint density at radius 1 is 1.15 bits per heavy atom. The fraction of sp³-hybridized carbons (Fsp3) is 0.750. The van der Waals surface area contributed by atoms with E-state index in [-0.39, 0.29) is 29.5 Å². The van der Waals surface area contributed by atoms with E-state index < -0.39 is 0 Å². The van der Waals surface area contributed by atoms with Crippen LogP contribution in [0.1, 0.15) is 44.8 Å². The number of hydrogen-bond donors (Lipinski definition) is 2. The standard InChI is InChI=1S/C20H35N5O.HI/c1-3-21-19(22-16-18-8-7-15-26-18)23-17-20(9-13-24(2)14-10-20)25-11-5-4-6-12-25;/h7-8,15H,3-6,9-14,16-17H2,1-2H3,(H2,21,22,23);1H. The molecule has 2 saturated heterocycles. The number of piperidine rings is 2. The van der Waals surface area contributed by atoms with Crippen LogP contribution in [0, 0.1) is 0 Å². The van der Waals surface area contributed by atoms with E-state index in [0.29, 0.717) is 6.54 Å². The Kier molecular flexibility index (Phi) is 9.38. The van der Waals surface area contributed by atoms with Crippen molar-refractivity contribution in [3.8, 4) is 0 Å². The van der Waals surface area contributed by atoms with Crippen LogP contribution in [0.3, 0.4) is 0 Å². The Balaban J connectivity index is 0.00000261. The number of halogens is 1. The Hall–Kier alpha value is -0.800. The van der Waals surface area contributed by atoms with Crippen molar-refractivity contribution in [3.05, 3.63) is 24.2 Å². The van der Waals surface area contributed by atoms with Gasteiger partial charge in [-0.1, -0.05) is 6.42 Å². The first-order valence-corrected chi connectivity index (χ1v) is 10.2. The Labute approximate surface area is 181 Å². The summed E-state index contributed by atoms with van der Waals surface area (Å²) in [5.74, 6) is 1.78. The van der Waals surface area contributed by atoms with Crippen molar-refractivity contribution in [2.45, 2.75) is 51.1 Å². The zero-order valence-electron chi connectivity index (χ0n) is 16.9. The van der Waals surface area contributed by atoms with Gasteiger partial charge in [-0.05, 0) is 78.0 Å². The third-order valence-electron chi connectivity index (χ3n) is 5.85. The SMILES string of the molecule is CCNC(=NCc1ccco1)NCC1(N2CCCCC2)CCN(C)CC1.I. The maximum absolute atomic E-state index is 5.41. The number of furan rings is 1. The minimum absolute atomic E-state index is 0. The van der Waals surface area contributed by atoms with E-state index in [4.69, 9.17) is 9.41 Å². The van der Waals surface area contributed by atoms with E-state index in [2.05, 4.69) is 34.4 Å². The lowest BCUT2D eigenvalue weighted by Gasteiger charge is -2.50. The Bertz CT molecular complexity index is 549. The summed E-state index contributed by atoms with van der Waals surface area (Å²) in [6.45, 7) is 9.35. The van der Waals surface area contributed by atoms with Crippen LogP contribution in [0.2, 0.25) is 0 Å². The van der Waals surface area contributed by atoms with Gasteiger partial charge in [-0.15, -0.1) is 24.0 Å². The molecule has 1 aromatic rings. The van der Waals surface area contributed by atoms with Crippen molar-refractivity contribution < 1.29 is 4.42 Å². The van der Waals surface area contributed by atoms with Crippen molar-refractivity contribution in [2.24, 2.45) is 4.99 Å². The van der Waals surface area contributed by atoms with Gasteiger partial charge in [0.15, 0.2) is 5.96 Å². The summed E-state index contributed by atoms with van der Waals surface area (Å²) in [4.78, 5) is 9.92.